The zero-order valence-corrected chi connectivity index (χ0v) is 9.54. The van der Waals surface area contributed by atoms with Gasteiger partial charge in [0, 0.05) is 25.6 Å². The second-order valence-corrected chi connectivity index (χ2v) is 5.03. The second-order valence-electron chi connectivity index (χ2n) is 5.03. The van der Waals surface area contributed by atoms with E-state index in [1.54, 1.807) is 4.68 Å². The summed E-state index contributed by atoms with van der Waals surface area (Å²) in [6.45, 7) is 0. The van der Waals surface area contributed by atoms with Crippen molar-refractivity contribution in [2.45, 2.75) is 44.0 Å². The smallest absolute Gasteiger partial charge is 0.0650 e. The zero-order chi connectivity index (χ0) is 11.1. The lowest BCUT2D eigenvalue weighted by Gasteiger charge is -2.23. The summed E-state index contributed by atoms with van der Waals surface area (Å²) in [5, 5.41) is 14.5. The highest BCUT2D eigenvalue weighted by Gasteiger charge is 2.43. The Kier molecular flexibility index (Phi) is 2.48. The van der Waals surface area contributed by atoms with E-state index in [9.17, 15) is 5.11 Å². The summed E-state index contributed by atoms with van der Waals surface area (Å²) in [6, 6.07) is 1.97. The average molecular weight is 222 g/mol. The molecule has 0 saturated carbocycles. The van der Waals surface area contributed by atoms with Crippen LogP contribution in [0.5, 0.6) is 0 Å². The number of aryl methyl sites for hydroxylation is 1. The van der Waals surface area contributed by atoms with Gasteiger partial charge in [0.05, 0.1) is 24.0 Å². The van der Waals surface area contributed by atoms with Crippen LogP contribution in [0.25, 0.3) is 0 Å². The molecule has 88 valence electrons. The molecule has 4 unspecified atom stereocenters. The van der Waals surface area contributed by atoms with Crippen molar-refractivity contribution in [3.63, 3.8) is 0 Å². The van der Waals surface area contributed by atoms with E-state index < -0.39 is 0 Å². The molecule has 3 rings (SSSR count). The first-order valence-electron chi connectivity index (χ1n) is 6.04. The molecule has 4 atom stereocenters. The standard InChI is InChI=1S/C12H18N2O2/c1-14-5-4-8(13-14)6-11(15)10-7-9-2-3-12(10)16-9/h4-5,9-12,15H,2-3,6-7H2,1H3. The molecule has 2 fully saturated rings. The van der Waals surface area contributed by atoms with Gasteiger partial charge >= 0.3 is 0 Å². The molecule has 2 bridgehead atoms. The van der Waals surface area contributed by atoms with Crippen LogP contribution in [0.3, 0.4) is 0 Å². The van der Waals surface area contributed by atoms with E-state index >= 15 is 0 Å². The van der Waals surface area contributed by atoms with Crippen LogP contribution in [0.2, 0.25) is 0 Å². The average Bonchev–Trinajstić information content (AvgIpc) is 2.93. The molecule has 0 aromatic carbocycles. The van der Waals surface area contributed by atoms with Crippen molar-refractivity contribution in [3.05, 3.63) is 18.0 Å². The van der Waals surface area contributed by atoms with E-state index in [0.29, 0.717) is 24.5 Å². The molecule has 2 aliphatic rings. The molecule has 2 aliphatic heterocycles. The zero-order valence-electron chi connectivity index (χ0n) is 9.54. The third-order valence-corrected chi connectivity index (χ3v) is 3.83. The molecule has 4 nitrogen and oxygen atoms in total. The summed E-state index contributed by atoms with van der Waals surface area (Å²) < 4.78 is 7.54. The molecule has 1 aromatic rings. The Balaban J connectivity index is 1.63. The summed E-state index contributed by atoms with van der Waals surface area (Å²) >= 11 is 0. The summed E-state index contributed by atoms with van der Waals surface area (Å²) in [4.78, 5) is 0. The first-order chi connectivity index (χ1) is 7.72. The molecule has 2 saturated heterocycles. The van der Waals surface area contributed by atoms with Gasteiger partial charge in [0.2, 0.25) is 0 Å². The highest BCUT2D eigenvalue weighted by Crippen LogP contribution is 2.40. The number of ether oxygens (including phenoxy) is 1. The van der Waals surface area contributed by atoms with E-state index in [-0.39, 0.29) is 6.10 Å². The Morgan fingerprint density at radius 3 is 3.06 bits per heavy atom. The topological polar surface area (TPSA) is 47.3 Å². The summed E-state index contributed by atoms with van der Waals surface area (Å²) in [5.41, 5.74) is 0.970. The van der Waals surface area contributed by atoms with Crippen molar-refractivity contribution in [2.75, 3.05) is 0 Å². The summed E-state index contributed by atoms with van der Waals surface area (Å²) in [6.07, 6.45) is 6.30. The van der Waals surface area contributed by atoms with Gasteiger partial charge in [-0.05, 0) is 25.3 Å². The molecule has 1 aromatic heterocycles. The van der Waals surface area contributed by atoms with Crippen molar-refractivity contribution in [3.8, 4) is 0 Å². The summed E-state index contributed by atoms with van der Waals surface area (Å²) in [5.74, 6) is 0.320. The van der Waals surface area contributed by atoms with Crippen LogP contribution >= 0.6 is 0 Å². The molecule has 1 N–H and O–H groups in total. The Bertz CT molecular complexity index is 377. The predicted molar refractivity (Wildman–Crippen MR) is 58.9 cm³/mol. The van der Waals surface area contributed by atoms with Crippen molar-refractivity contribution in [1.82, 2.24) is 9.78 Å². The fraction of sp³-hybridized carbons (Fsp3) is 0.750. The number of aliphatic hydroxyl groups is 1. The van der Waals surface area contributed by atoms with Gasteiger partial charge < -0.3 is 9.84 Å². The first kappa shape index (κ1) is 10.3. The highest BCUT2D eigenvalue weighted by atomic mass is 16.5. The number of hydrogen-bond donors (Lipinski definition) is 1. The molecular weight excluding hydrogens is 204 g/mol. The van der Waals surface area contributed by atoms with Gasteiger partial charge in [-0.1, -0.05) is 0 Å². The molecular formula is C12H18N2O2. The molecule has 0 radical (unpaired) electrons. The molecule has 0 aliphatic carbocycles. The van der Waals surface area contributed by atoms with Crippen molar-refractivity contribution in [1.29, 1.82) is 0 Å². The van der Waals surface area contributed by atoms with Gasteiger partial charge in [0.25, 0.3) is 0 Å². The van der Waals surface area contributed by atoms with Crippen LogP contribution in [0.15, 0.2) is 12.3 Å². The predicted octanol–water partition coefficient (Wildman–Crippen LogP) is 0.891. The van der Waals surface area contributed by atoms with E-state index in [4.69, 9.17) is 4.74 Å². The lowest BCUT2D eigenvalue weighted by molar-refractivity contribution is 0.0427. The quantitative estimate of drug-likeness (QED) is 0.826. The van der Waals surface area contributed by atoms with Gasteiger partial charge in [-0.15, -0.1) is 0 Å². The number of aliphatic hydroxyl groups excluding tert-OH is 1. The number of hydrogen-bond acceptors (Lipinski definition) is 3. The fourth-order valence-electron chi connectivity index (χ4n) is 3.02. The molecule has 0 amide bonds. The van der Waals surface area contributed by atoms with E-state index in [1.807, 2.05) is 19.3 Å². The third kappa shape index (κ3) is 1.76. The maximum absolute atomic E-state index is 10.2. The van der Waals surface area contributed by atoms with E-state index in [1.165, 1.54) is 6.42 Å². The van der Waals surface area contributed by atoms with Crippen LogP contribution < -0.4 is 0 Å². The van der Waals surface area contributed by atoms with Crippen LogP contribution in [-0.4, -0.2) is 33.2 Å². The van der Waals surface area contributed by atoms with Crippen LogP contribution in [0, 0.1) is 5.92 Å². The highest BCUT2D eigenvalue weighted by molar-refractivity contribution is 5.03. The van der Waals surface area contributed by atoms with Crippen LogP contribution in [-0.2, 0) is 18.2 Å². The number of fused-ring (bicyclic) bond motifs is 2. The maximum Gasteiger partial charge on any atom is 0.0650 e. The second kappa shape index (κ2) is 3.86. The third-order valence-electron chi connectivity index (χ3n) is 3.83. The van der Waals surface area contributed by atoms with Crippen LogP contribution in [0.1, 0.15) is 25.0 Å². The summed E-state index contributed by atoms with van der Waals surface area (Å²) in [7, 11) is 1.90. The largest absolute Gasteiger partial charge is 0.392 e. The maximum atomic E-state index is 10.2. The normalized spacial score (nSPS) is 34.5. The minimum absolute atomic E-state index is 0.295. The SMILES string of the molecule is Cn1ccc(CC(O)C2CC3CCC2O3)n1. The molecule has 4 heteroatoms. The molecule has 16 heavy (non-hydrogen) atoms. The fourth-order valence-corrected chi connectivity index (χ4v) is 3.02. The van der Waals surface area contributed by atoms with Gasteiger partial charge in [0.1, 0.15) is 0 Å². The van der Waals surface area contributed by atoms with Gasteiger partial charge in [-0.2, -0.15) is 5.10 Å². The lowest BCUT2D eigenvalue weighted by atomic mass is 9.84. The number of nitrogens with zero attached hydrogens (tertiary/aromatic N) is 2. The Labute approximate surface area is 95.2 Å². The number of aromatic nitrogens is 2. The molecule has 0 spiro atoms. The van der Waals surface area contributed by atoms with Gasteiger partial charge in [-0.25, -0.2) is 0 Å². The Morgan fingerprint density at radius 1 is 1.62 bits per heavy atom. The van der Waals surface area contributed by atoms with Gasteiger partial charge in [-0.3, -0.25) is 4.68 Å². The van der Waals surface area contributed by atoms with Gasteiger partial charge in [0.15, 0.2) is 0 Å². The molecule has 3 heterocycles. The van der Waals surface area contributed by atoms with Crippen molar-refractivity contribution < 1.29 is 9.84 Å². The van der Waals surface area contributed by atoms with Crippen molar-refractivity contribution in [2.24, 2.45) is 13.0 Å². The van der Waals surface area contributed by atoms with Crippen LogP contribution in [0.4, 0.5) is 0 Å². The number of rotatable bonds is 3. The van der Waals surface area contributed by atoms with E-state index in [0.717, 1.165) is 18.5 Å². The minimum atomic E-state index is -0.301. The van der Waals surface area contributed by atoms with E-state index in [2.05, 4.69) is 5.10 Å². The van der Waals surface area contributed by atoms with Crippen molar-refractivity contribution >= 4 is 0 Å². The Morgan fingerprint density at radius 2 is 2.50 bits per heavy atom. The monoisotopic (exact) mass is 222 g/mol. The Hall–Kier alpha value is -0.870. The minimum Gasteiger partial charge on any atom is -0.392 e. The lowest BCUT2D eigenvalue weighted by Crippen LogP contribution is -2.31. The first-order valence-corrected chi connectivity index (χ1v) is 6.04.